The summed E-state index contributed by atoms with van der Waals surface area (Å²) in [4.78, 5) is 35.2. The van der Waals surface area contributed by atoms with Crippen molar-refractivity contribution in [2.24, 2.45) is 0 Å². The number of amides is 2. The molecule has 0 aromatic rings. The van der Waals surface area contributed by atoms with Crippen LogP contribution in [0.2, 0.25) is 0 Å². The van der Waals surface area contributed by atoms with Gasteiger partial charge in [0.1, 0.15) is 12.6 Å². The zero-order valence-corrected chi connectivity index (χ0v) is 11.1. The summed E-state index contributed by atoms with van der Waals surface area (Å²) in [7, 11) is 0. The fourth-order valence-corrected chi connectivity index (χ4v) is 2.94. The molecule has 2 amide bonds. The first-order valence-electron chi connectivity index (χ1n) is 6.11. The first-order chi connectivity index (χ1) is 9.06. The molecule has 1 atom stereocenters. The highest BCUT2D eigenvalue weighted by atomic mass is 32.2. The quantitative estimate of drug-likeness (QED) is 0.750. The summed E-state index contributed by atoms with van der Waals surface area (Å²) in [6, 6.07) is -0.422. The number of piperidine rings is 1. The van der Waals surface area contributed by atoms with Gasteiger partial charge in [0.15, 0.2) is 0 Å². The third kappa shape index (κ3) is 3.84. The number of carbonyl (C=O) groups is 3. The Morgan fingerprint density at radius 3 is 2.63 bits per heavy atom. The van der Waals surface area contributed by atoms with Crippen LogP contribution in [-0.2, 0) is 14.3 Å². The Morgan fingerprint density at radius 1 is 1.42 bits per heavy atom. The Bertz CT molecular complexity index is 381. The number of nitrogens with zero attached hydrogens (tertiary/aromatic N) is 1. The molecule has 0 aromatic carbocycles. The van der Waals surface area contributed by atoms with Gasteiger partial charge >= 0.3 is 5.97 Å². The van der Waals surface area contributed by atoms with Crippen molar-refractivity contribution in [2.75, 3.05) is 25.4 Å². The van der Waals surface area contributed by atoms with Crippen molar-refractivity contribution in [3.63, 3.8) is 0 Å². The lowest BCUT2D eigenvalue weighted by atomic mass is 10.1. The summed E-state index contributed by atoms with van der Waals surface area (Å²) in [6.45, 7) is 0.786. The number of thioether (sulfide) groups is 1. The second-order valence-electron chi connectivity index (χ2n) is 4.52. The summed E-state index contributed by atoms with van der Waals surface area (Å²) in [5.74, 6) is -0.563. The molecule has 2 fully saturated rings. The van der Waals surface area contributed by atoms with Gasteiger partial charge in [0, 0.05) is 18.8 Å². The number of carbonyl (C=O) groups excluding carboxylic acids is 2. The summed E-state index contributed by atoms with van der Waals surface area (Å²) in [5, 5.41) is 11.0. The van der Waals surface area contributed by atoms with Gasteiger partial charge in [0.05, 0.1) is 6.10 Å². The number of ether oxygens (including phenoxy) is 1. The molecule has 2 aliphatic heterocycles. The first kappa shape index (κ1) is 14.1. The van der Waals surface area contributed by atoms with Crippen LogP contribution in [0.15, 0.2) is 0 Å². The number of likely N-dealkylation sites (tertiary alicyclic amines) is 1. The molecular weight excluding hydrogens is 272 g/mol. The van der Waals surface area contributed by atoms with E-state index in [4.69, 9.17) is 9.84 Å². The van der Waals surface area contributed by atoms with E-state index < -0.39 is 12.0 Å². The van der Waals surface area contributed by atoms with Crippen LogP contribution in [0, 0.1) is 0 Å². The van der Waals surface area contributed by atoms with Crippen LogP contribution in [0.5, 0.6) is 0 Å². The van der Waals surface area contributed by atoms with Crippen molar-refractivity contribution in [2.45, 2.75) is 25.0 Å². The SMILES string of the molecule is O=C(O)COC1CCN(C(=O)C2CSC(=O)N2)CC1. The van der Waals surface area contributed by atoms with Crippen molar-refractivity contribution >= 4 is 28.9 Å². The van der Waals surface area contributed by atoms with E-state index in [-0.39, 0.29) is 23.9 Å². The van der Waals surface area contributed by atoms with E-state index in [0.29, 0.717) is 31.7 Å². The van der Waals surface area contributed by atoms with Crippen LogP contribution >= 0.6 is 11.8 Å². The first-order valence-corrected chi connectivity index (χ1v) is 7.10. The molecule has 2 aliphatic rings. The van der Waals surface area contributed by atoms with Crippen molar-refractivity contribution in [3.8, 4) is 0 Å². The van der Waals surface area contributed by atoms with Gasteiger partial charge in [-0.1, -0.05) is 11.8 Å². The molecule has 0 bridgehead atoms. The molecule has 2 rings (SSSR count). The third-order valence-electron chi connectivity index (χ3n) is 3.17. The summed E-state index contributed by atoms with van der Waals surface area (Å²) >= 11 is 1.12. The molecule has 0 aliphatic carbocycles. The lowest BCUT2D eigenvalue weighted by Crippen LogP contribution is -2.49. The summed E-state index contributed by atoms with van der Waals surface area (Å²) in [5.41, 5.74) is 0. The largest absolute Gasteiger partial charge is 0.480 e. The van der Waals surface area contributed by atoms with Gasteiger partial charge in [-0.15, -0.1) is 0 Å². The van der Waals surface area contributed by atoms with Gasteiger partial charge < -0.3 is 20.1 Å². The molecule has 2 saturated heterocycles. The molecule has 1 unspecified atom stereocenters. The van der Waals surface area contributed by atoms with Gasteiger partial charge in [-0.25, -0.2) is 4.79 Å². The average molecular weight is 288 g/mol. The lowest BCUT2D eigenvalue weighted by Gasteiger charge is -2.33. The van der Waals surface area contributed by atoms with Crippen LogP contribution in [0.3, 0.4) is 0 Å². The number of hydrogen-bond acceptors (Lipinski definition) is 5. The second kappa shape index (κ2) is 6.25. The number of nitrogens with one attached hydrogen (secondary N) is 1. The summed E-state index contributed by atoms with van der Waals surface area (Å²) in [6.07, 6.45) is 1.16. The fraction of sp³-hybridized carbons (Fsp3) is 0.727. The maximum absolute atomic E-state index is 12.1. The Kier molecular flexibility index (Phi) is 4.65. The van der Waals surface area contributed by atoms with Crippen molar-refractivity contribution in [1.29, 1.82) is 0 Å². The van der Waals surface area contributed by atoms with Crippen LogP contribution in [0.1, 0.15) is 12.8 Å². The number of carboxylic acid groups (broad SMARTS) is 1. The predicted molar refractivity (Wildman–Crippen MR) is 68.0 cm³/mol. The lowest BCUT2D eigenvalue weighted by molar-refractivity contribution is -0.147. The smallest absolute Gasteiger partial charge is 0.329 e. The fourth-order valence-electron chi connectivity index (χ4n) is 2.17. The Balaban J connectivity index is 1.75. The van der Waals surface area contributed by atoms with Gasteiger partial charge in [-0.3, -0.25) is 9.59 Å². The second-order valence-corrected chi connectivity index (χ2v) is 5.52. The van der Waals surface area contributed by atoms with Crippen molar-refractivity contribution < 1.29 is 24.2 Å². The monoisotopic (exact) mass is 288 g/mol. The Hall–Kier alpha value is -1.28. The van der Waals surface area contributed by atoms with E-state index in [0.717, 1.165) is 11.8 Å². The maximum atomic E-state index is 12.1. The van der Waals surface area contributed by atoms with E-state index in [1.165, 1.54) is 0 Å². The van der Waals surface area contributed by atoms with Gasteiger partial charge in [0.25, 0.3) is 5.24 Å². The van der Waals surface area contributed by atoms with Crippen LogP contribution < -0.4 is 5.32 Å². The Labute approximate surface area is 114 Å². The summed E-state index contributed by atoms with van der Waals surface area (Å²) < 4.78 is 5.20. The highest BCUT2D eigenvalue weighted by Gasteiger charge is 2.33. The topological polar surface area (TPSA) is 95.9 Å². The van der Waals surface area contributed by atoms with Crippen LogP contribution in [0.4, 0.5) is 4.79 Å². The number of rotatable bonds is 4. The van der Waals surface area contributed by atoms with Crippen LogP contribution in [0.25, 0.3) is 0 Å². The molecule has 2 N–H and O–H groups in total. The molecule has 106 valence electrons. The highest BCUT2D eigenvalue weighted by Crippen LogP contribution is 2.18. The maximum Gasteiger partial charge on any atom is 0.329 e. The molecule has 0 aromatic heterocycles. The molecule has 0 saturated carbocycles. The average Bonchev–Trinajstić information content (AvgIpc) is 2.83. The van der Waals surface area contributed by atoms with E-state index in [2.05, 4.69) is 5.32 Å². The van der Waals surface area contributed by atoms with Crippen molar-refractivity contribution in [3.05, 3.63) is 0 Å². The number of carboxylic acids is 1. The van der Waals surface area contributed by atoms with E-state index >= 15 is 0 Å². The van der Waals surface area contributed by atoms with Crippen LogP contribution in [-0.4, -0.2) is 64.7 Å². The number of aliphatic carboxylic acids is 1. The zero-order chi connectivity index (χ0) is 13.8. The predicted octanol–water partition coefficient (Wildman–Crippen LogP) is -0.0964. The minimum absolute atomic E-state index is 0.0602. The number of hydrogen-bond donors (Lipinski definition) is 2. The Morgan fingerprint density at radius 2 is 2.11 bits per heavy atom. The molecule has 8 heteroatoms. The molecule has 0 spiro atoms. The third-order valence-corrected chi connectivity index (χ3v) is 4.05. The van der Waals surface area contributed by atoms with E-state index in [1.54, 1.807) is 4.90 Å². The van der Waals surface area contributed by atoms with Crippen molar-refractivity contribution in [1.82, 2.24) is 10.2 Å². The normalized spacial score (nSPS) is 24.3. The van der Waals surface area contributed by atoms with Gasteiger partial charge in [-0.05, 0) is 12.8 Å². The van der Waals surface area contributed by atoms with Gasteiger partial charge in [0.2, 0.25) is 5.91 Å². The highest BCUT2D eigenvalue weighted by molar-refractivity contribution is 8.14. The van der Waals surface area contributed by atoms with E-state index in [1.807, 2.05) is 0 Å². The minimum atomic E-state index is -0.982. The molecule has 0 radical (unpaired) electrons. The molecule has 19 heavy (non-hydrogen) atoms. The zero-order valence-electron chi connectivity index (χ0n) is 10.3. The van der Waals surface area contributed by atoms with E-state index in [9.17, 15) is 14.4 Å². The molecule has 7 nitrogen and oxygen atoms in total. The molecule has 2 heterocycles. The van der Waals surface area contributed by atoms with Gasteiger partial charge in [-0.2, -0.15) is 0 Å². The standard InChI is InChI=1S/C11H16N2O5S/c14-9(15)5-18-7-1-3-13(4-2-7)10(16)8-6-19-11(17)12-8/h7-8H,1-6H2,(H,12,17)(H,14,15). The molecular formula is C11H16N2O5S. The minimum Gasteiger partial charge on any atom is -0.480 e.